The van der Waals surface area contributed by atoms with Gasteiger partial charge in [-0.2, -0.15) is 0 Å². The van der Waals surface area contributed by atoms with Crippen LogP contribution in [0, 0.1) is 12.8 Å². The highest BCUT2D eigenvalue weighted by atomic mass is 35.5. The number of benzene rings is 1. The molecule has 2 N–H and O–H groups in total. The summed E-state index contributed by atoms with van der Waals surface area (Å²) in [7, 11) is 0. The molecule has 1 atom stereocenters. The predicted molar refractivity (Wildman–Crippen MR) is 71.4 cm³/mol. The van der Waals surface area contributed by atoms with E-state index in [0.29, 0.717) is 5.92 Å². The first-order valence-electron chi connectivity index (χ1n) is 5.49. The van der Waals surface area contributed by atoms with Gasteiger partial charge in [0.1, 0.15) is 5.75 Å². The lowest BCUT2D eigenvalue weighted by Gasteiger charge is -2.13. The number of halogens is 1. The Kier molecular flexibility index (Phi) is 6.46. The third-order valence-electron chi connectivity index (χ3n) is 2.32. The number of hydrogen-bond donors (Lipinski definition) is 1. The van der Waals surface area contributed by atoms with Gasteiger partial charge < -0.3 is 10.5 Å². The SMILES string of the molecule is Cc1cc(OCC(C)C)ccc1C(C)N.Cl. The molecule has 16 heavy (non-hydrogen) atoms. The van der Waals surface area contributed by atoms with E-state index in [0.717, 1.165) is 12.4 Å². The molecule has 2 nitrogen and oxygen atoms in total. The maximum atomic E-state index is 5.85. The predicted octanol–water partition coefficient (Wildman–Crippen LogP) is 3.47. The van der Waals surface area contributed by atoms with Crippen molar-refractivity contribution in [1.82, 2.24) is 0 Å². The molecule has 0 aliphatic rings. The second-order valence-corrected chi connectivity index (χ2v) is 4.51. The van der Waals surface area contributed by atoms with Crippen molar-refractivity contribution < 1.29 is 4.74 Å². The summed E-state index contributed by atoms with van der Waals surface area (Å²) in [5.74, 6) is 1.49. The molecule has 0 aliphatic carbocycles. The maximum absolute atomic E-state index is 5.85. The molecule has 0 aliphatic heterocycles. The molecule has 0 heterocycles. The van der Waals surface area contributed by atoms with Crippen LogP contribution in [0.5, 0.6) is 5.75 Å². The number of ether oxygens (including phenoxy) is 1. The van der Waals surface area contributed by atoms with Gasteiger partial charge in [-0.3, -0.25) is 0 Å². The molecule has 0 aromatic heterocycles. The van der Waals surface area contributed by atoms with E-state index in [4.69, 9.17) is 10.5 Å². The van der Waals surface area contributed by atoms with E-state index >= 15 is 0 Å². The average molecular weight is 244 g/mol. The van der Waals surface area contributed by atoms with Crippen LogP contribution in [-0.2, 0) is 0 Å². The summed E-state index contributed by atoms with van der Waals surface area (Å²) < 4.78 is 5.64. The van der Waals surface area contributed by atoms with Crippen molar-refractivity contribution in [2.45, 2.75) is 33.7 Å². The highest BCUT2D eigenvalue weighted by Gasteiger charge is 2.05. The molecule has 3 heteroatoms. The minimum absolute atomic E-state index is 0. The van der Waals surface area contributed by atoms with Crippen molar-refractivity contribution >= 4 is 12.4 Å². The topological polar surface area (TPSA) is 35.2 Å². The van der Waals surface area contributed by atoms with Gasteiger partial charge in [0.05, 0.1) is 6.61 Å². The summed E-state index contributed by atoms with van der Waals surface area (Å²) in [6, 6.07) is 6.19. The second kappa shape index (κ2) is 6.77. The van der Waals surface area contributed by atoms with E-state index in [1.165, 1.54) is 11.1 Å². The van der Waals surface area contributed by atoms with Crippen LogP contribution in [0.25, 0.3) is 0 Å². The first-order valence-corrected chi connectivity index (χ1v) is 5.49. The summed E-state index contributed by atoms with van der Waals surface area (Å²) in [5, 5.41) is 0. The monoisotopic (exact) mass is 243 g/mol. The fourth-order valence-electron chi connectivity index (χ4n) is 1.51. The quantitative estimate of drug-likeness (QED) is 0.879. The van der Waals surface area contributed by atoms with Gasteiger partial charge in [-0.1, -0.05) is 19.9 Å². The van der Waals surface area contributed by atoms with Crippen molar-refractivity contribution in [3.63, 3.8) is 0 Å². The van der Waals surface area contributed by atoms with E-state index in [9.17, 15) is 0 Å². The van der Waals surface area contributed by atoms with Gasteiger partial charge in [0.2, 0.25) is 0 Å². The summed E-state index contributed by atoms with van der Waals surface area (Å²) in [6.45, 7) is 9.11. The Morgan fingerprint density at radius 2 is 1.88 bits per heavy atom. The Morgan fingerprint density at radius 3 is 2.31 bits per heavy atom. The molecular formula is C13H22ClNO. The van der Waals surface area contributed by atoms with Crippen LogP contribution in [0.4, 0.5) is 0 Å². The number of aryl methyl sites for hydroxylation is 1. The third-order valence-corrected chi connectivity index (χ3v) is 2.32. The smallest absolute Gasteiger partial charge is 0.119 e. The van der Waals surface area contributed by atoms with Crippen molar-refractivity contribution in [2.75, 3.05) is 6.61 Å². The van der Waals surface area contributed by atoms with Crippen LogP contribution in [0.2, 0.25) is 0 Å². The van der Waals surface area contributed by atoms with Gasteiger partial charge in [-0.25, -0.2) is 0 Å². The van der Waals surface area contributed by atoms with E-state index in [-0.39, 0.29) is 18.4 Å². The van der Waals surface area contributed by atoms with Gasteiger partial charge in [-0.15, -0.1) is 12.4 Å². The molecule has 0 spiro atoms. The van der Waals surface area contributed by atoms with Crippen molar-refractivity contribution in [3.05, 3.63) is 29.3 Å². The summed E-state index contributed by atoms with van der Waals surface area (Å²) in [6.07, 6.45) is 0. The zero-order valence-corrected chi connectivity index (χ0v) is 11.3. The van der Waals surface area contributed by atoms with Crippen LogP contribution in [-0.4, -0.2) is 6.61 Å². The van der Waals surface area contributed by atoms with E-state index in [1.807, 2.05) is 13.0 Å². The lowest BCUT2D eigenvalue weighted by molar-refractivity contribution is 0.271. The molecule has 0 fully saturated rings. The third kappa shape index (κ3) is 4.42. The minimum Gasteiger partial charge on any atom is -0.493 e. The van der Waals surface area contributed by atoms with Crippen LogP contribution >= 0.6 is 12.4 Å². The van der Waals surface area contributed by atoms with Gasteiger partial charge in [0.25, 0.3) is 0 Å². The largest absolute Gasteiger partial charge is 0.493 e. The molecule has 0 bridgehead atoms. The Hall–Kier alpha value is -0.730. The van der Waals surface area contributed by atoms with Crippen molar-refractivity contribution in [1.29, 1.82) is 0 Å². The molecule has 0 amide bonds. The Labute approximate surface area is 105 Å². The molecule has 1 aromatic rings. The highest BCUT2D eigenvalue weighted by molar-refractivity contribution is 5.85. The minimum atomic E-state index is 0. The highest BCUT2D eigenvalue weighted by Crippen LogP contribution is 2.21. The summed E-state index contributed by atoms with van der Waals surface area (Å²) >= 11 is 0. The molecule has 92 valence electrons. The Balaban J connectivity index is 0.00000225. The zero-order valence-electron chi connectivity index (χ0n) is 10.5. The standard InChI is InChI=1S/C13H21NO.ClH/c1-9(2)8-15-12-5-6-13(11(4)14)10(3)7-12;/h5-7,9,11H,8,14H2,1-4H3;1H. The number of rotatable bonds is 4. The summed E-state index contributed by atoms with van der Waals surface area (Å²) in [4.78, 5) is 0. The van der Waals surface area contributed by atoms with Crippen LogP contribution < -0.4 is 10.5 Å². The van der Waals surface area contributed by atoms with Crippen LogP contribution in [0.3, 0.4) is 0 Å². The molecule has 0 saturated heterocycles. The lowest BCUT2D eigenvalue weighted by Crippen LogP contribution is -2.08. The fraction of sp³-hybridized carbons (Fsp3) is 0.538. The zero-order chi connectivity index (χ0) is 11.4. The van der Waals surface area contributed by atoms with Gasteiger partial charge in [0, 0.05) is 6.04 Å². The van der Waals surface area contributed by atoms with E-state index in [2.05, 4.69) is 32.9 Å². The molecule has 1 aromatic carbocycles. The van der Waals surface area contributed by atoms with Crippen LogP contribution in [0.1, 0.15) is 37.9 Å². The van der Waals surface area contributed by atoms with E-state index in [1.54, 1.807) is 0 Å². The normalized spacial score (nSPS) is 12.1. The molecule has 1 rings (SSSR count). The lowest BCUT2D eigenvalue weighted by atomic mass is 10.0. The fourth-order valence-corrected chi connectivity index (χ4v) is 1.51. The Bertz CT molecular complexity index is 324. The van der Waals surface area contributed by atoms with Gasteiger partial charge in [0.15, 0.2) is 0 Å². The second-order valence-electron chi connectivity index (χ2n) is 4.51. The van der Waals surface area contributed by atoms with Crippen LogP contribution in [0.15, 0.2) is 18.2 Å². The molecule has 0 saturated carbocycles. The Morgan fingerprint density at radius 1 is 1.25 bits per heavy atom. The van der Waals surface area contributed by atoms with E-state index < -0.39 is 0 Å². The first-order chi connectivity index (χ1) is 7.00. The van der Waals surface area contributed by atoms with Gasteiger partial charge >= 0.3 is 0 Å². The number of nitrogens with two attached hydrogens (primary N) is 1. The molecular weight excluding hydrogens is 222 g/mol. The molecule has 0 radical (unpaired) electrons. The van der Waals surface area contributed by atoms with Crippen molar-refractivity contribution in [2.24, 2.45) is 11.7 Å². The van der Waals surface area contributed by atoms with Gasteiger partial charge in [-0.05, 0) is 43.0 Å². The summed E-state index contributed by atoms with van der Waals surface area (Å²) in [5.41, 5.74) is 8.23. The van der Waals surface area contributed by atoms with Crippen molar-refractivity contribution in [3.8, 4) is 5.75 Å². The maximum Gasteiger partial charge on any atom is 0.119 e. The first kappa shape index (κ1) is 15.3. The average Bonchev–Trinajstić information content (AvgIpc) is 2.14. The molecule has 1 unspecified atom stereocenters. The number of hydrogen-bond acceptors (Lipinski definition) is 2.